The van der Waals surface area contributed by atoms with E-state index in [0.29, 0.717) is 24.3 Å². The number of pyridine rings is 1. The molecule has 2 fully saturated rings. The average Bonchev–Trinajstić information content (AvgIpc) is 2.88. The molecule has 3 amide bonds. The molecule has 1 aromatic carbocycles. The summed E-state index contributed by atoms with van der Waals surface area (Å²) in [7, 11) is 0. The number of halogens is 1. The third-order valence-electron chi connectivity index (χ3n) is 6.30. The van der Waals surface area contributed by atoms with E-state index in [-0.39, 0.29) is 23.1 Å². The van der Waals surface area contributed by atoms with Gasteiger partial charge in [0.05, 0.1) is 5.52 Å². The van der Waals surface area contributed by atoms with Crippen LogP contribution < -0.4 is 5.32 Å². The Labute approximate surface area is 192 Å². The van der Waals surface area contributed by atoms with E-state index in [1.54, 1.807) is 0 Å². The molecule has 0 radical (unpaired) electrons. The summed E-state index contributed by atoms with van der Waals surface area (Å²) in [6.07, 6.45) is 2.11. The summed E-state index contributed by atoms with van der Waals surface area (Å²) in [6, 6.07) is 7.11. The molecule has 1 aliphatic heterocycles. The Kier molecular flexibility index (Phi) is 5.65. The summed E-state index contributed by atoms with van der Waals surface area (Å²) in [5, 5.41) is 4.00. The molecule has 8 heteroatoms. The van der Waals surface area contributed by atoms with Crippen molar-refractivity contribution in [3.8, 4) is 0 Å². The molecule has 1 saturated carbocycles. The summed E-state index contributed by atoms with van der Waals surface area (Å²) in [6.45, 7) is 7.74. The van der Waals surface area contributed by atoms with Gasteiger partial charge in [0.1, 0.15) is 23.8 Å². The highest BCUT2D eigenvalue weighted by molar-refractivity contribution is 6.30. The summed E-state index contributed by atoms with van der Waals surface area (Å²) in [5.74, 6) is -0.727. The number of carbonyl (C=O) groups excluding carboxylic acids is 3. The number of hydrogen-bond donors (Lipinski definition) is 1. The fourth-order valence-electron chi connectivity index (χ4n) is 5.38. The quantitative estimate of drug-likeness (QED) is 0.418. The van der Waals surface area contributed by atoms with E-state index in [0.717, 1.165) is 27.8 Å². The molecule has 1 N–H and O–H groups in total. The highest BCUT2D eigenvalue weighted by Crippen LogP contribution is 2.46. The normalized spacial score (nSPS) is 24.8. The van der Waals surface area contributed by atoms with Crippen LogP contribution in [0.2, 0.25) is 5.15 Å². The van der Waals surface area contributed by atoms with Gasteiger partial charge in [-0.25, -0.2) is 9.78 Å². The average molecular weight is 458 g/mol. The number of benzene rings is 1. The molecule has 1 aliphatic carbocycles. The number of aromatic nitrogens is 1. The number of amides is 3. The molecule has 2 aromatic rings. The molecule has 7 nitrogen and oxygen atoms in total. The Balaban J connectivity index is 1.43. The van der Waals surface area contributed by atoms with Crippen molar-refractivity contribution in [3.05, 3.63) is 40.5 Å². The van der Waals surface area contributed by atoms with Crippen LogP contribution in [-0.4, -0.2) is 39.9 Å². The minimum atomic E-state index is -0.942. The standard InChI is InChI=1S/C24H28ClN3O4/c1-14-5-6-16-8-17(20(25)26-18(16)7-14)12-32-19(29)11-28-21(30)24(27-22(28)31)10-15(2)9-23(3,4)13-24/h5-8,15H,9-13H2,1-4H3,(H,27,31). The van der Waals surface area contributed by atoms with Gasteiger partial charge in [-0.2, -0.15) is 0 Å². The first kappa shape index (κ1) is 22.5. The molecular formula is C24H28ClN3O4. The molecule has 1 spiro atoms. The molecular weight excluding hydrogens is 430 g/mol. The Morgan fingerprint density at radius 1 is 1.28 bits per heavy atom. The van der Waals surface area contributed by atoms with Crippen molar-refractivity contribution in [1.29, 1.82) is 0 Å². The van der Waals surface area contributed by atoms with Crippen LogP contribution in [0.5, 0.6) is 0 Å². The van der Waals surface area contributed by atoms with Crippen LogP contribution >= 0.6 is 11.6 Å². The number of imide groups is 1. The monoisotopic (exact) mass is 457 g/mol. The number of ether oxygens (including phenoxy) is 1. The number of nitrogens with zero attached hydrogens (tertiary/aromatic N) is 2. The van der Waals surface area contributed by atoms with Crippen molar-refractivity contribution in [1.82, 2.24) is 15.2 Å². The first-order valence-corrected chi connectivity index (χ1v) is 11.2. The van der Waals surface area contributed by atoms with Gasteiger partial charge in [0.15, 0.2) is 0 Å². The van der Waals surface area contributed by atoms with E-state index in [1.807, 2.05) is 31.2 Å². The Morgan fingerprint density at radius 2 is 2.03 bits per heavy atom. The fraction of sp³-hybridized carbons (Fsp3) is 0.500. The van der Waals surface area contributed by atoms with Gasteiger partial charge in [0.25, 0.3) is 5.91 Å². The molecule has 1 saturated heterocycles. The lowest BCUT2D eigenvalue weighted by molar-refractivity contribution is -0.149. The number of carbonyl (C=O) groups is 3. The Bertz CT molecular complexity index is 1120. The van der Waals surface area contributed by atoms with Gasteiger partial charge >= 0.3 is 12.0 Å². The van der Waals surface area contributed by atoms with E-state index in [1.165, 1.54) is 0 Å². The molecule has 2 heterocycles. The van der Waals surface area contributed by atoms with E-state index in [2.05, 4.69) is 31.1 Å². The summed E-state index contributed by atoms with van der Waals surface area (Å²) in [5.41, 5.74) is 1.38. The van der Waals surface area contributed by atoms with Crippen LogP contribution in [0.3, 0.4) is 0 Å². The predicted molar refractivity (Wildman–Crippen MR) is 121 cm³/mol. The summed E-state index contributed by atoms with van der Waals surface area (Å²) in [4.78, 5) is 43.6. The number of esters is 1. The van der Waals surface area contributed by atoms with Gasteiger partial charge in [-0.05, 0) is 55.2 Å². The third kappa shape index (κ3) is 4.31. The molecule has 170 valence electrons. The maximum Gasteiger partial charge on any atom is 0.326 e. The van der Waals surface area contributed by atoms with Crippen molar-refractivity contribution < 1.29 is 19.1 Å². The summed E-state index contributed by atoms with van der Waals surface area (Å²) >= 11 is 6.26. The SMILES string of the molecule is Cc1ccc2cc(COC(=O)CN3C(=O)NC4(CC(C)CC(C)(C)C4)C3=O)c(Cl)nc2c1. The zero-order valence-electron chi connectivity index (χ0n) is 18.8. The minimum absolute atomic E-state index is 0.0739. The lowest BCUT2D eigenvalue weighted by atomic mass is 9.64. The van der Waals surface area contributed by atoms with Crippen LogP contribution in [0.4, 0.5) is 4.79 Å². The maximum atomic E-state index is 13.2. The predicted octanol–water partition coefficient (Wildman–Crippen LogP) is 4.38. The van der Waals surface area contributed by atoms with E-state index >= 15 is 0 Å². The van der Waals surface area contributed by atoms with Crippen molar-refractivity contribution in [2.24, 2.45) is 11.3 Å². The maximum absolute atomic E-state index is 13.2. The molecule has 2 atom stereocenters. The largest absolute Gasteiger partial charge is 0.459 e. The van der Waals surface area contributed by atoms with Crippen molar-refractivity contribution >= 4 is 40.4 Å². The van der Waals surface area contributed by atoms with Crippen molar-refractivity contribution in [3.63, 3.8) is 0 Å². The van der Waals surface area contributed by atoms with Gasteiger partial charge in [0.2, 0.25) is 0 Å². The zero-order valence-corrected chi connectivity index (χ0v) is 19.6. The highest BCUT2D eigenvalue weighted by atomic mass is 35.5. The first-order valence-electron chi connectivity index (χ1n) is 10.8. The second-order valence-electron chi connectivity index (χ2n) is 10.1. The Hall–Kier alpha value is -2.67. The summed E-state index contributed by atoms with van der Waals surface area (Å²) < 4.78 is 5.34. The fourth-order valence-corrected chi connectivity index (χ4v) is 5.58. The molecule has 32 heavy (non-hydrogen) atoms. The lowest BCUT2D eigenvalue weighted by Gasteiger charge is -2.43. The van der Waals surface area contributed by atoms with Gasteiger partial charge in [0, 0.05) is 10.9 Å². The van der Waals surface area contributed by atoms with Crippen LogP contribution in [0.1, 0.15) is 51.2 Å². The van der Waals surface area contributed by atoms with E-state index in [4.69, 9.17) is 16.3 Å². The van der Waals surface area contributed by atoms with Gasteiger partial charge < -0.3 is 10.1 Å². The zero-order chi connectivity index (χ0) is 23.3. The first-order chi connectivity index (χ1) is 15.0. The number of aryl methyl sites for hydroxylation is 1. The molecule has 2 aliphatic rings. The molecule has 2 unspecified atom stereocenters. The van der Waals surface area contributed by atoms with Gasteiger partial charge in [-0.1, -0.05) is 44.5 Å². The van der Waals surface area contributed by atoms with Crippen molar-refractivity contribution in [2.45, 2.75) is 59.1 Å². The Morgan fingerprint density at radius 3 is 2.75 bits per heavy atom. The highest BCUT2D eigenvalue weighted by Gasteiger charge is 2.56. The van der Waals surface area contributed by atoms with Gasteiger partial charge in [-0.15, -0.1) is 0 Å². The van der Waals surface area contributed by atoms with E-state index in [9.17, 15) is 14.4 Å². The van der Waals surface area contributed by atoms with E-state index < -0.39 is 24.1 Å². The van der Waals surface area contributed by atoms with Crippen LogP contribution in [0.15, 0.2) is 24.3 Å². The number of hydrogen-bond acceptors (Lipinski definition) is 5. The van der Waals surface area contributed by atoms with Crippen LogP contribution in [0, 0.1) is 18.3 Å². The minimum Gasteiger partial charge on any atom is -0.459 e. The number of fused-ring (bicyclic) bond motifs is 1. The number of nitrogens with one attached hydrogen (secondary N) is 1. The molecule has 4 rings (SSSR count). The second kappa shape index (κ2) is 8.03. The number of rotatable bonds is 4. The number of urea groups is 1. The third-order valence-corrected chi connectivity index (χ3v) is 6.63. The second-order valence-corrected chi connectivity index (χ2v) is 10.4. The van der Waals surface area contributed by atoms with Gasteiger partial charge in [-0.3, -0.25) is 14.5 Å². The van der Waals surface area contributed by atoms with Crippen LogP contribution in [-0.2, 0) is 20.9 Å². The smallest absolute Gasteiger partial charge is 0.326 e. The molecule has 0 bridgehead atoms. The molecule has 1 aromatic heterocycles. The van der Waals surface area contributed by atoms with Crippen LogP contribution in [0.25, 0.3) is 10.9 Å². The lowest BCUT2D eigenvalue weighted by Crippen LogP contribution is -2.54. The topological polar surface area (TPSA) is 88.6 Å². The van der Waals surface area contributed by atoms with Crippen molar-refractivity contribution in [2.75, 3.05) is 6.54 Å².